The Bertz CT molecular complexity index is 306. The molecule has 19 heavy (non-hydrogen) atoms. The van der Waals surface area contributed by atoms with E-state index in [0.717, 1.165) is 39.2 Å². The maximum Gasteiger partial charge on any atom is 0.0587 e. The molecular formula is C15H27N3O. The van der Waals surface area contributed by atoms with Crippen molar-refractivity contribution < 1.29 is 4.74 Å². The molecule has 1 aromatic rings. The first kappa shape index (κ1) is 16.1. The SMILES string of the molecule is COCCNCCCCN(C)CCc1ccncc1. The highest BCUT2D eigenvalue weighted by Crippen LogP contribution is 2.00. The second kappa shape index (κ2) is 10.9. The molecule has 4 nitrogen and oxygen atoms in total. The highest BCUT2D eigenvalue weighted by atomic mass is 16.5. The molecule has 0 aliphatic carbocycles. The van der Waals surface area contributed by atoms with Gasteiger partial charge in [0.05, 0.1) is 6.61 Å². The summed E-state index contributed by atoms with van der Waals surface area (Å²) in [5, 5.41) is 3.37. The van der Waals surface area contributed by atoms with Gasteiger partial charge in [-0.25, -0.2) is 0 Å². The predicted octanol–water partition coefficient (Wildman–Crippen LogP) is 1.57. The van der Waals surface area contributed by atoms with Gasteiger partial charge >= 0.3 is 0 Å². The lowest BCUT2D eigenvalue weighted by molar-refractivity contribution is 0.199. The van der Waals surface area contributed by atoms with E-state index in [1.165, 1.54) is 18.4 Å². The Labute approximate surface area is 117 Å². The standard InChI is InChI=1S/C15H27N3O/c1-18(12-4-3-8-16-11-14-19-2)13-7-15-5-9-17-10-6-15/h5-6,9-10,16H,3-4,7-8,11-14H2,1-2H3. The van der Waals surface area contributed by atoms with Crippen molar-refractivity contribution in [2.45, 2.75) is 19.3 Å². The van der Waals surface area contributed by atoms with Crippen molar-refractivity contribution in [3.63, 3.8) is 0 Å². The molecule has 0 aliphatic heterocycles. The van der Waals surface area contributed by atoms with Gasteiger partial charge < -0.3 is 15.0 Å². The highest BCUT2D eigenvalue weighted by molar-refractivity contribution is 5.09. The minimum Gasteiger partial charge on any atom is -0.383 e. The fourth-order valence-corrected chi connectivity index (χ4v) is 1.91. The maximum absolute atomic E-state index is 4.99. The predicted molar refractivity (Wildman–Crippen MR) is 79.4 cm³/mol. The molecule has 0 bridgehead atoms. The summed E-state index contributed by atoms with van der Waals surface area (Å²) in [6.07, 6.45) is 7.29. The van der Waals surface area contributed by atoms with Gasteiger partial charge in [0.1, 0.15) is 0 Å². The van der Waals surface area contributed by atoms with Crippen LogP contribution in [0.25, 0.3) is 0 Å². The number of hydrogen-bond donors (Lipinski definition) is 1. The zero-order valence-corrected chi connectivity index (χ0v) is 12.3. The molecule has 0 atom stereocenters. The average Bonchev–Trinajstić information content (AvgIpc) is 2.45. The smallest absolute Gasteiger partial charge is 0.0587 e. The van der Waals surface area contributed by atoms with E-state index >= 15 is 0 Å². The van der Waals surface area contributed by atoms with Gasteiger partial charge in [0.25, 0.3) is 0 Å². The third kappa shape index (κ3) is 8.70. The number of hydrogen-bond acceptors (Lipinski definition) is 4. The van der Waals surface area contributed by atoms with E-state index in [9.17, 15) is 0 Å². The molecule has 1 N–H and O–H groups in total. The Morgan fingerprint density at radius 1 is 1.16 bits per heavy atom. The topological polar surface area (TPSA) is 37.4 Å². The Hall–Kier alpha value is -0.970. The fourth-order valence-electron chi connectivity index (χ4n) is 1.91. The number of unbranched alkanes of at least 4 members (excludes halogenated alkanes) is 1. The van der Waals surface area contributed by atoms with Crippen LogP contribution in [0.2, 0.25) is 0 Å². The molecule has 1 heterocycles. The molecule has 1 aromatic heterocycles. The van der Waals surface area contributed by atoms with Gasteiger partial charge in [-0.15, -0.1) is 0 Å². The summed E-state index contributed by atoms with van der Waals surface area (Å²) >= 11 is 0. The Balaban J connectivity index is 1.95. The molecule has 0 unspecified atom stereocenters. The first-order valence-corrected chi connectivity index (χ1v) is 7.10. The molecule has 4 heteroatoms. The molecule has 1 rings (SSSR count). The van der Waals surface area contributed by atoms with Crippen LogP contribution in [-0.2, 0) is 11.2 Å². The average molecular weight is 265 g/mol. The van der Waals surface area contributed by atoms with Crippen molar-refractivity contribution in [3.05, 3.63) is 30.1 Å². The number of methoxy groups -OCH3 is 1. The van der Waals surface area contributed by atoms with Crippen molar-refractivity contribution >= 4 is 0 Å². The van der Waals surface area contributed by atoms with Crippen molar-refractivity contribution in [3.8, 4) is 0 Å². The molecule has 0 fully saturated rings. The van der Waals surface area contributed by atoms with Gasteiger partial charge in [0, 0.05) is 32.6 Å². The molecular weight excluding hydrogens is 238 g/mol. The molecule has 0 radical (unpaired) electrons. The first-order valence-electron chi connectivity index (χ1n) is 7.10. The lowest BCUT2D eigenvalue weighted by atomic mass is 10.2. The van der Waals surface area contributed by atoms with Crippen molar-refractivity contribution in [2.24, 2.45) is 0 Å². The van der Waals surface area contributed by atoms with E-state index in [1.807, 2.05) is 12.4 Å². The van der Waals surface area contributed by atoms with Crippen LogP contribution in [0, 0.1) is 0 Å². The van der Waals surface area contributed by atoms with Gasteiger partial charge in [-0.05, 0) is 57.1 Å². The van der Waals surface area contributed by atoms with Crippen LogP contribution in [0.5, 0.6) is 0 Å². The Morgan fingerprint density at radius 2 is 1.95 bits per heavy atom. The lowest BCUT2D eigenvalue weighted by Crippen LogP contribution is -2.24. The van der Waals surface area contributed by atoms with Crippen LogP contribution >= 0.6 is 0 Å². The number of nitrogens with one attached hydrogen (secondary N) is 1. The molecule has 0 saturated carbocycles. The molecule has 0 aromatic carbocycles. The summed E-state index contributed by atoms with van der Waals surface area (Å²) in [6, 6.07) is 4.18. The molecule has 0 spiro atoms. The van der Waals surface area contributed by atoms with Crippen molar-refractivity contribution in [1.82, 2.24) is 15.2 Å². The molecule has 0 saturated heterocycles. The lowest BCUT2D eigenvalue weighted by Gasteiger charge is -2.16. The largest absolute Gasteiger partial charge is 0.383 e. The van der Waals surface area contributed by atoms with E-state index in [1.54, 1.807) is 7.11 Å². The van der Waals surface area contributed by atoms with E-state index in [2.05, 4.69) is 34.4 Å². The van der Waals surface area contributed by atoms with Gasteiger partial charge in [-0.1, -0.05) is 0 Å². The minimum atomic E-state index is 0.797. The molecule has 0 aliphatic rings. The summed E-state index contributed by atoms with van der Waals surface area (Å²) in [6.45, 7) is 5.11. The molecule has 108 valence electrons. The number of pyridine rings is 1. The van der Waals surface area contributed by atoms with Gasteiger partial charge in [0.2, 0.25) is 0 Å². The fraction of sp³-hybridized carbons (Fsp3) is 0.667. The van der Waals surface area contributed by atoms with Crippen LogP contribution in [0.1, 0.15) is 18.4 Å². The number of likely N-dealkylation sites (N-methyl/N-ethyl adjacent to an activating group) is 1. The quantitative estimate of drug-likeness (QED) is 0.616. The highest BCUT2D eigenvalue weighted by Gasteiger charge is 1.99. The third-order valence-electron chi connectivity index (χ3n) is 3.16. The maximum atomic E-state index is 4.99. The number of rotatable bonds is 11. The second-order valence-corrected chi connectivity index (χ2v) is 4.86. The third-order valence-corrected chi connectivity index (χ3v) is 3.16. The summed E-state index contributed by atoms with van der Waals surface area (Å²) in [5.41, 5.74) is 1.36. The first-order chi connectivity index (χ1) is 9.33. The van der Waals surface area contributed by atoms with Crippen LogP contribution in [-0.4, -0.2) is 56.8 Å². The minimum absolute atomic E-state index is 0.797. The van der Waals surface area contributed by atoms with Crippen LogP contribution in [0.15, 0.2) is 24.5 Å². The monoisotopic (exact) mass is 265 g/mol. The Morgan fingerprint density at radius 3 is 2.68 bits per heavy atom. The van der Waals surface area contributed by atoms with Crippen LogP contribution in [0.4, 0.5) is 0 Å². The number of ether oxygens (including phenoxy) is 1. The number of aromatic nitrogens is 1. The number of nitrogens with zero attached hydrogens (tertiary/aromatic N) is 2. The Kier molecular flexibility index (Phi) is 9.23. The van der Waals surface area contributed by atoms with Gasteiger partial charge in [-0.3, -0.25) is 4.98 Å². The normalized spacial score (nSPS) is 11.1. The summed E-state index contributed by atoms with van der Waals surface area (Å²) in [4.78, 5) is 6.43. The second-order valence-electron chi connectivity index (χ2n) is 4.86. The van der Waals surface area contributed by atoms with E-state index < -0.39 is 0 Å². The zero-order chi connectivity index (χ0) is 13.8. The van der Waals surface area contributed by atoms with Crippen molar-refractivity contribution in [2.75, 3.05) is 46.9 Å². The molecule has 0 amide bonds. The van der Waals surface area contributed by atoms with Crippen molar-refractivity contribution in [1.29, 1.82) is 0 Å². The van der Waals surface area contributed by atoms with E-state index in [-0.39, 0.29) is 0 Å². The van der Waals surface area contributed by atoms with E-state index in [4.69, 9.17) is 4.74 Å². The van der Waals surface area contributed by atoms with Gasteiger partial charge in [0.15, 0.2) is 0 Å². The van der Waals surface area contributed by atoms with Crippen LogP contribution in [0.3, 0.4) is 0 Å². The van der Waals surface area contributed by atoms with E-state index in [0.29, 0.717) is 0 Å². The van der Waals surface area contributed by atoms with Crippen LogP contribution < -0.4 is 5.32 Å². The summed E-state index contributed by atoms with van der Waals surface area (Å²) in [5.74, 6) is 0. The summed E-state index contributed by atoms with van der Waals surface area (Å²) in [7, 11) is 3.93. The zero-order valence-electron chi connectivity index (χ0n) is 12.3. The summed E-state index contributed by atoms with van der Waals surface area (Å²) < 4.78 is 4.99. The van der Waals surface area contributed by atoms with Gasteiger partial charge in [-0.2, -0.15) is 0 Å².